The standard InChI is InChI=1S/C12H6Cl2F5N3O/c13-11(14)12(23)20-5-1-2-22(21-5)3-4-6(15)8(17)10(19)9(18)7(4)16/h1-2,11H,3H2,(H,20,21,23). The first-order chi connectivity index (χ1) is 10.7. The second-order valence-electron chi connectivity index (χ2n) is 4.24. The molecule has 0 saturated carbocycles. The van der Waals surface area contributed by atoms with E-state index in [0.717, 1.165) is 10.9 Å². The summed E-state index contributed by atoms with van der Waals surface area (Å²) in [4.78, 5) is 9.86. The number of anilines is 1. The maximum atomic E-state index is 13.5. The van der Waals surface area contributed by atoms with Crippen molar-refractivity contribution in [2.24, 2.45) is 0 Å². The zero-order valence-corrected chi connectivity index (χ0v) is 12.4. The molecule has 1 aromatic heterocycles. The van der Waals surface area contributed by atoms with Crippen molar-refractivity contribution in [3.05, 3.63) is 46.9 Å². The Balaban J connectivity index is 2.27. The van der Waals surface area contributed by atoms with E-state index in [4.69, 9.17) is 23.2 Å². The molecule has 1 aromatic carbocycles. The number of nitrogens with zero attached hydrogens (tertiary/aromatic N) is 2. The SMILES string of the molecule is O=C(Nc1ccn(Cc2c(F)c(F)c(F)c(F)c2F)n1)C(Cl)Cl. The van der Waals surface area contributed by atoms with Gasteiger partial charge in [0.2, 0.25) is 5.82 Å². The lowest BCUT2D eigenvalue weighted by Gasteiger charge is -2.08. The fourth-order valence-electron chi connectivity index (χ4n) is 1.65. The van der Waals surface area contributed by atoms with E-state index in [-0.39, 0.29) is 5.82 Å². The average molecular weight is 374 g/mol. The van der Waals surface area contributed by atoms with Crippen molar-refractivity contribution in [3.8, 4) is 0 Å². The van der Waals surface area contributed by atoms with Crippen LogP contribution in [-0.4, -0.2) is 20.5 Å². The number of halogens is 7. The first-order valence-corrected chi connectivity index (χ1v) is 6.72. The molecule has 0 unspecified atom stereocenters. The van der Waals surface area contributed by atoms with Crippen LogP contribution in [0.1, 0.15) is 5.56 Å². The number of carbonyl (C=O) groups is 1. The highest BCUT2D eigenvalue weighted by Crippen LogP contribution is 2.23. The van der Waals surface area contributed by atoms with E-state index in [1.54, 1.807) is 0 Å². The van der Waals surface area contributed by atoms with Gasteiger partial charge in [-0.1, -0.05) is 23.2 Å². The highest BCUT2D eigenvalue weighted by molar-refractivity contribution is 6.54. The third-order valence-electron chi connectivity index (χ3n) is 2.71. The quantitative estimate of drug-likeness (QED) is 0.386. The van der Waals surface area contributed by atoms with Crippen molar-refractivity contribution in [2.45, 2.75) is 11.4 Å². The molecule has 1 amide bonds. The van der Waals surface area contributed by atoms with Crippen LogP contribution in [0.5, 0.6) is 0 Å². The molecule has 2 aromatic rings. The molecule has 0 aliphatic heterocycles. The molecule has 11 heteroatoms. The summed E-state index contributed by atoms with van der Waals surface area (Å²) < 4.78 is 67.1. The number of benzene rings is 1. The molecule has 23 heavy (non-hydrogen) atoms. The monoisotopic (exact) mass is 373 g/mol. The summed E-state index contributed by atoms with van der Waals surface area (Å²) in [5, 5.41) is 5.87. The van der Waals surface area contributed by atoms with Gasteiger partial charge in [0.15, 0.2) is 33.9 Å². The van der Waals surface area contributed by atoms with Crippen LogP contribution >= 0.6 is 23.2 Å². The van der Waals surface area contributed by atoms with E-state index >= 15 is 0 Å². The third kappa shape index (κ3) is 3.56. The van der Waals surface area contributed by atoms with Gasteiger partial charge in [0, 0.05) is 12.3 Å². The van der Waals surface area contributed by atoms with Crippen LogP contribution in [0.4, 0.5) is 27.8 Å². The Hall–Kier alpha value is -1.87. The number of hydrogen-bond acceptors (Lipinski definition) is 2. The summed E-state index contributed by atoms with van der Waals surface area (Å²) >= 11 is 10.6. The first-order valence-electron chi connectivity index (χ1n) is 5.85. The largest absolute Gasteiger partial charge is 0.307 e. The number of amides is 1. The van der Waals surface area contributed by atoms with Gasteiger partial charge in [-0.25, -0.2) is 22.0 Å². The summed E-state index contributed by atoms with van der Waals surface area (Å²) in [6, 6.07) is 1.22. The molecule has 0 bridgehead atoms. The predicted octanol–water partition coefficient (Wildman–Crippen LogP) is 3.37. The van der Waals surface area contributed by atoms with Crippen LogP contribution in [0.15, 0.2) is 12.3 Å². The van der Waals surface area contributed by atoms with Gasteiger partial charge in [0.05, 0.1) is 12.1 Å². The number of rotatable bonds is 4. The van der Waals surface area contributed by atoms with Crippen LogP contribution in [-0.2, 0) is 11.3 Å². The number of nitrogens with one attached hydrogen (secondary N) is 1. The zero-order chi connectivity index (χ0) is 17.3. The molecule has 4 nitrogen and oxygen atoms in total. The normalized spacial score (nSPS) is 11.1. The fraction of sp³-hybridized carbons (Fsp3) is 0.167. The van der Waals surface area contributed by atoms with Crippen LogP contribution in [0, 0.1) is 29.1 Å². The minimum absolute atomic E-state index is 0.0647. The molecule has 1 N–H and O–H groups in total. The predicted molar refractivity (Wildman–Crippen MR) is 71.7 cm³/mol. The third-order valence-corrected chi connectivity index (χ3v) is 3.11. The highest BCUT2D eigenvalue weighted by Gasteiger charge is 2.26. The van der Waals surface area contributed by atoms with Gasteiger partial charge in [0.1, 0.15) is 0 Å². The number of hydrogen-bond donors (Lipinski definition) is 1. The average Bonchev–Trinajstić information content (AvgIpc) is 2.94. The minimum atomic E-state index is -2.24. The first kappa shape index (κ1) is 17.5. The lowest BCUT2D eigenvalue weighted by Crippen LogP contribution is -2.19. The molecule has 2 rings (SSSR count). The molecule has 1 heterocycles. The fourth-order valence-corrected chi connectivity index (χ4v) is 1.76. The Morgan fingerprint density at radius 1 is 1.09 bits per heavy atom. The van der Waals surface area contributed by atoms with E-state index in [2.05, 4.69) is 10.4 Å². The van der Waals surface area contributed by atoms with E-state index in [1.807, 2.05) is 0 Å². The van der Waals surface area contributed by atoms with Gasteiger partial charge < -0.3 is 5.32 Å². The van der Waals surface area contributed by atoms with Gasteiger partial charge >= 0.3 is 0 Å². The van der Waals surface area contributed by atoms with Gasteiger partial charge in [0.25, 0.3) is 5.91 Å². The summed E-state index contributed by atoms with van der Waals surface area (Å²) in [6.45, 7) is -0.743. The van der Waals surface area contributed by atoms with Crippen LogP contribution in [0.2, 0.25) is 0 Å². The maximum Gasteiger partial charge on any atom is 0.258 e. The van der Waals surface area contributed by atoms with Crippen LogP contribution in [0.25, 0.3) is 0 Å². The van der Waals surface area contributed by atoms with Gasteiger partial charge in [-0.15, -0.1) is 0 Å². The molecular formula is C12H6Cl2F5N3O. The van der Waals surface area contributed by atoms with Crippen LogP contribution < -0.4 is 5.32 Å². The number of alkyl halides is 2. The Labute approximate surface area is 135 Å². The lowest BCUT2D eigenvalue weighted by atomic mass is 10.1. The molecule has 0 spiro atoms. The topological polar surface area (TPSA) is 46.9 Å². The summed E-state index contributed by atoms with van der Waals surface area (Å²) in [7, 11) is 0. The molecular weight excluding hydrogens is 368 g/mol. The maximum absolute atomic E-state index is 13.5. The van der Waals surface area contributed by atoms with Crippen molar-refractivity contribution in [2.75, 3.05) is 5.32 Å². The van der Waals surface area contributed by atoms with E-state index in [1.165, 1.54) is 6.07 Å². The van der Waals surface area contributed by atoms with Gasteiger partial charge in [-0.3, -0.25) is 9.48 Å². The van der Waals surface area contributed by atoms with Crippen molar-refractivity contribution >= 4 is 34.9 Å². The molecule has 0 saturated heterocycles. The Kier molecular flexibility index (Phi) is 5.10. The second kappa shape index (κ2) is 6.71. The summed E-state index contributed by atoms with van der Waals surface area (Å²) in [6.07, 6.45) is 1.16. The van der Waals surface area contributed by atoms with Gasteiger partial charge in [-0.2, -0.15) is 5.10 Å². The van der Waals surface area contributed by atoms with E-state index in [0.29, 0.717) is 0 Å². The second-order valence-corrected chi connectivity index (χ2v) is 5.33. The van der Waals surface area contributed by atoms with E-state index in [9.17, 15) is 26.7 Å². The highest BCUT2D eigenvalue weighted by atomic mass is 35.5. The molecule has 0 radical (unpaired) electrons. The number of carbonyl (C=O) groups excluding carboxylic acids is 1. The molecule has 124 valence electrons. The van der Waals surface area contributed by atoms with E-state index < -0.39 is 51.9 Å². The minimum Gasteiger partial charge on any atom is -0.307 e. The van der Waals surface area contributed by atoms with Crippen molar-refractivity contribution < 1.29 is 26.7 Å². The summed E-state index contributed by atoms with van der Waals surface area (Å²) in [5.74, 6) is -11.1. The van der Waals surface area contributed by atoms with Crippen molar-refractivity contribution in [3.63, 3.8) is 0 Å². The Morgan fingerprint density at radius 3 is 2.13 bits per heavy atom. The van der Waals surface area contributed by atoms with Gasteiger partial charge in [-0.05, 0) is 0 Å². The molecule has 0 fully saturated rings. The van der Waals surface area contributed by atoms with Crippen molar-refractivity contribution in [1.29, 1.82) is 0 Å². The van der Waals surface area contributed by atoms with Crippen LogP contribution in [0.3, 0.4) is 0 Å². The molecule has 0 aliphatic rings. The number of aromatic nitrogens is 2. The smallest absolute Gasteiger partial charge is 0.258 e. The molecule has 0 atom stereocenters. The summed E-state index contributed by atoms with van der Waals surface area (Å²) in [5.41, 5.74) is -1.06. The Bertz CT molecular complexity index is 736. The molecule has 0 aliphatic carbocycles. The van der Waals surface area contributed by atoms with Crippen molar-refractivity contribution in [1.82, 2.24) is 9.78 Å². The lowest BCUT2D eigenvalue weighted by molar-refractivity contribution is -0.114. The zero-order valence-electron chi connectivity index (χ0n) is 10.9. The Morgan fingerprint density at radius 2 is 1.61 bits per heavy atom.